The normalized spacial score (nSPS) is 16.0. The van der Waals surface area contributed by atoms with E-state index in [1.807, 2.05) is 24.4 Å². The third-order valence-electron chi connectivity index (χ3n) is 3.63. The number of aromatic nitrogens is 2. The Labute approximate surface area is 146 Å². The third kappa shape index (κ3) is 2.53. The summed E-state index contributed by atoms with van der Waals surface area (Å²) in [4.78, 5) is 23.0. The number of aryl methyl sites for hydroxylation is 2. The maximum atomic E-state index is 12.2. The maximum Gasteiger partial charge on any atom is 0.363 e. The van der Waals surface area contributed by atoms with E-state index in [2.05, 4.69) is 9.98 Å². The number of hydrogen-bond acceptors (Lipinski definition) is 5. The van der Waals surface area contributed by atoms with Crippen LogP contribution in [-0.2, 0) is 9.53 Å². The van der Waals surface area contributed by atoms with Crippen LogP contribution in [0.5, 0.6) is 0 Å². The lowest BCUT2D eigenvalue weighted by Gasteiger charge is -1.98. The van der Waals surface area contributed by atoms with Gasteiger partial charge in [-0.25, -0.2) is 14.8 Å². The van der Waals surface area contributed by atoms with Crippen LogP contribution in [0.25, 0.3) is 11.0 Å². The summed E-state index contributed by atoms with van der Waals surface area (Å²) in [6.07, 6.45) is 3.70. The number of carbonyl (C=O) groups is 1. The topological polar surface area (TPSA) is 56.0 Å². The molecule has 0 saturated heterocycles. The number of imidazole rings is 1. The fourth-order valence-corrected chi connectivity index (χ4v) is 3.61. The molecule has 120 valence electrons. The SMILES string of the molecule is Cc1cn2c(/C=C3\N=C(c4cccc(Cl)c4)OC3=O)c(C)nc2s1. The molecule has 0 spiro atoms. The van der Waals surface area contributed by atoms with Crippen LogP contribution in [0, 0.1) is 13.8 Å². The van der Waals surface area contributed by atoms with Crippen LogP contribution in [0.15, 0.2) is 41.2 Å². The molecule has 0 aliphatic carbocycles. The van der Waals surface area contributed by atoms with Crippen LogP contribution in [0.2, 0.25) is 5.02 Å². The highest BCUT2D eigenvalue weighted by atomic mass is 35.5. The zero-order valence-electron chi connectivity index (χ0n) is 12.9. The van der Waals surface area contributed by atoms with Crippen molar-refractivity contribution >= 4 is 45.8 Å². The van der Waals surface area contributed by atoms with Crippen LogP contribution in [0.4, 0.5) is 0 Å². The lowest BCUT2D eigenvalue weighted by molar-refractivity contribution is -0.129. The molecule has 0 fully saturated rings. The molecule has 0 bridgehead atoms. The molecular formula is C17H12ClN3O2S. The minimum Gasteiger partial charge on any atom is -0.402 e. The first-order valence-electron chi connectivity index (χ1n) is 7.25. The average Bonchev–Trinajstić information content (AvgIpc) is 3.15. The molecule has 7 heteroatoms. The van der Waals surface area contributed by atoms with Crippen molar-refractivity contribution in [2.45, 2.75) is 13.8 Å². The van der Waals surface area contributed by atoms with Crippen molar-refractivity contribution in [3.05, 3.63) is 63.0 Å². The summed E-state index contributed by atoms with van der Waals surface area (Å²) in [6, 6.07) is 7.05. The number of ether oxygens (including phenoxy) is 1. The molecule has 0 N–H and O–H groups in total. The molecule has 24 heavy (non-hydrogen) atoms. The summed E-state index contributed by atoms with van der Waals surface area (Å²) < 4.78 is 7.24. The van der Waals surface area contributed by atoms with E-state index in [1.54, 1.807) is 41.7 Å². The number of hydrogen-bond donors (Lipinski definition) is 0. The van der Waals surface area contributed by atoms with E-state index in [0.29, 0.717) is 10.6 Å². The Bertz CT molecular complexity index is 1050. The highest BCUT2D eigenvalue weighted by molar-refractivity contribution is 7.17. The first kappa shape index (κ1) is 15.1. The minimum absolute atomic E-state index is 0.249. The molecule has 4 rings (SSSR count). The molecular weight excluding hydrogens is 346 g/mol. The highest BCUT2D eigenvalue weighted by Gasteiger charge is 2.25. The first-order valence-corrected chi connectivity index (χ1v) is 8.44. The van der Waals surface area contributed by atoms with Crippen LogP contribution < -0.4 is 0 Å². The van der Waals surface area contributed by atoms with Gasteiger partial charge in [0.2, 0.25) is 5.90 Å². The summed E-state index contributed by atoms with van der Waals surface area (Å²) in [6.45, 7) is 3.92. The molecule has 5 nitrogen and oxygen atoms in total. The summed E-state index contributed by atoms with van der Waals surface area (Å²) in [5.74, 6) is -0.222. The van der Waals surface area contributed by atoms with E-state index in [9.17, 15) is 4.79 Å². The fraction of sp³-hybridized carbons (Fsp3) is 0.118. The van der Waals surface area contributed by atoms with Crippen molar-refractivity contribution < 1.29 is 9.53 Å². The van der Waals surface area contributed by atoms with Gasteiger partial charge in [-0.2, -0.15) is 0 Å². The molecule has 0 amide bonds. The molecule has 3 heterocycles. The Morgan fingerprint density at radius 1 is 1.33 bits per heavy atom. The van der Waals surface area contributed by atoms with E-state index < -0.39 is 5.97 Å². The highest BCUT2D eigenvalue weighted by Crippen LogP contribution is 2.25. The van der Waals surface area contributed by atoms with Gasteiger partial charge in [0, 0.05) is 21.7 Å². The number of benzene rings is 1. The van der Waals surface area contributed by atoms with Crippen molar-refractivity contribution in [2.24, 2.45) is 4.99 Å². The van der Waals surface area contributed by atoms with E-state index in [-0.39, 0.29) is 11.6 Å². The largest absolute Gasteiger partial charge is 0.402 e. The Morgan fingerprint density at radius 2 is 2.17 bits per heavy atom. The Balaban J connectivity index is 1.79. The number of cyclic esters (lactones) is 1. The second kappa shape index (κ2) is 5.58. The lowest BCUT2D eigenvalue weighted by atomic mass is 10.2. The maximum absolute atomic E-state index is 12.2. The fourth-order valence-electron chi connectivity index (χ4n) is 2.54. The van der Waals surface area contributed by atoms with Gasteiger partial charge in [0.05, 0.1) is 11.4 Å². The van der Waals surface area contributed by atoms with Crippen LogP contribution in [0.3, 0.4) is 0 Å². The molecule has 1 aliphatic rings. The number of carbonyl (C=O) groups excluding carboxylic acids is 1. The molecule has 0 atom stereocenters. The molecule has 1 aliphatic heterocycles. The molecule has 1 aromatic carbocycles. The first-order chi connectivity index (χ1) is 11.5. The second-order valence-electron chi connectivity index (χ2n) is 5.42. The van der Waals surface area contributed by atoms with E-state index in [0.717, 1.165) is 21.2 Å². The second-order valence-corrected chi connectivity index (χ2v) is 7.07. The van der Waals surface area contributed by atoms with E-state index in [1.165, 1.54) is 0 Å². The third-order valence-corrected chi connectivity index (χ3v) is 4.76. The van der Waals surface area contributed by atoms with Crippen LogP contribution in [-0.4, -0.2) is 21.3 Å². The van der Waals surface area contributed by atoms with Gasteiger partial charge >= 0.3 is 5.97 Å². The number of nitrogens with zero attached hydrogens (tertiary/aromatic N) is 3. The Kier molecular flexibility index (Phi) is 3.51. The Morgan fingerprint density at radius 3 is 2.96 bits per heavy atom. The predicted molar refractivity (Wildman–Crippen MR) is 94.6 cm³/mol. The summed E-state index contributed by atoms with van der Waals surface area (Å²) >= 11 is 7.58. The Hall–Kier alpha value is -2.44. The van der Waals surface area contributed by atoms with Gasteiger partial charge in [0.1, 0.15) is 0 Å². The standard InChI is InChI=1S/C17H12ClN3O2S/c1-9-8-21-14(10(2)19-17(21)24-9)7-13-16(22)23-15(20-13)11-4-3-5-12(18)6-11/h3-8H,1-2H3/b13-7-. The zero-order valence-corrected chi connectivity index (χ0v) is 14.5. The van der Waals surface area contributed by atoms with Gasteiger partial charge in [-0.3, -0.25) is 4.40 Å². The van der Waals surface area contributed by atoms with Gasteiger partial charge in [0.15, 0.2) is 10.7 Å². The minimum atomic E-state index is -0.480. The summed E-state index contributed by atoms with van der Waals surface area (Å²) in [5.41, 5.74) is 2.59. The van der Waals surface area contributed by atoms with Crippen LogP contribution >= 0.6 is 22.9 Å². The molecule has 0 radical (unpaired) electrons. The molecule has 3 aromatic rings. The van der Waals surface area contributed by atoms with Gasteiger partial charge in [-0.15, -0.1) is 11.3 Å². The van der Waals surface area contributed by atoms with Crippen molar-refractivity contribution in [3.63, 3.8) is 0 Å². The number of halogens is 1. The number of fused-ring (bicyclic) bond motifs is 1. The molecule has 2 aromatic heterocycles. The van der Waals surface area contributed by atoms with Crippen LogP contribution in [0.1, 0.15) is 21.8 Å². The van der Waals surface area contributed by atoms with Crippen molar-refractivity contribution in [1.82, 2.24) is 9.38 Å². The summed E-state index contributed by atoms with van der Waals surface area (Å²) in [5, 5.41) is 0.561. The number of rotatable bonds is 2. The number of thiazole rings is 1. The monoisotopic (exact) mass is 357 g/mol. The summed E-state index contributed by atoms with van der Waals surface area (Å²) in [7, 11) is 0. The number of aliphatic imine (C=N–C) groups is 1. The van der Waals surface area contributed by atoms with Gasteiger partial charge in [-0.1, -0.05) is 17.7 Å². The van der Waals surface area contributed by atoms with E-state index >= 15 is 0 Å². The zero-order chi connectivity index (χ0) is 16.8. The predicted octanol–water partition coefficient (Wildman–Crippen LogP) is 4.01. The molecule has 0 saturated carbocycles. The lowest BCUT2D eigenvalue weighted by Crippen LogP contribution is -2.05. The van der Waals surface area contributed by atoms with Crippen molar-refractivity contribution in [1.29, 1.82) is 0 Å². The van der Waals surface area contributed by atoms with Gasteiger partial charge in [0.25, 0.3) is 0 Å². The smallest absolute Gasteiger partial charge is 0.363 e. The quantitative estimate of drug-likeness (QED) is 0.514. The number of esters is 1. The van der Waals surface area contributed by atoms with Gasteiger partial charge in [-0.05, 0) is 38.1 Å². The molecule has 0 unspecified atom stereocenters. The van der Waals surface area contributed by atoms with Crippen molar-refractivity contribution in [3.8, 4) is 0 Å². The van der Waals surface area contributed by atoms with E-state index in [4.69, 9.17) is 16.3 Å². The van der Waals surface area contributed by atoms with Gasteiger partial charge < -0.3 is 4.74 Å². The average molecular weight is 358 g/mol. The van der Waals surface area contributed by atoms with Crippen molar-refractivity contribution in [2.75, 3.05) is 0 Å².